The van der Waals surface area contributed by atoms with E-state index >= 15 is 4.39 Å². The van der Waals surface area contributed by atoms with Crippen molar-refractivity contribution in [1.29, 1.82) is 0 Å². The molecule has 3 aliphatic rings. The van der Waals surface area contributed by atoms with E-state index in [-0.39, 0.29) is 29.3 Å². The number of ether oxygens (including phenoxy) is 1. The Morgan fingerprint density at radius 3 is 2.61 bits per heavy atom. The van der Waals surface area contributed by atoms with Gasteiger partial charge in [-0.15, -0.1) is 0 Å². The van der Waals surface area contributed by atoms with Gasteiger partial charge in [0.05, 0.1) is 31.5 Å². The maximum absolute atomic E-state index is 15.2. The van der Waals surface area contributed by atoms with Gasteiger partial charge >= 0.3 is 0 Å². The monoisotopic (exact) mass is 451 g/mol. The van der Waals surface area contributed by atoms with E-state index in [0.29, 0.717) is 42.7 Å². The fraction of sp³-hybridized carbons (Fsp3) is 0.375. The zero-order chi connectivity index (χ0) is 22.9. The number of nitrogens with zero attached hydrogens (tertiary/aromatic N) is 2. The first kappa shape index (κ1) is 21.4. The molecule has 33 heavy (non-hydrogen) atoms. The van der Waals surface area contributed by atoms with Crippen molar-refractivity contribution in [3.63, 3.8) is 0 Å². The second kappa shape index (κ2) is 8.82. The summed E-state index contributed by atoms with van der Waals surface area (Å²) in [6, 6.07) is 9.97. The Morgan fingerprint density at radius 1 is 1.12 bits per heavy atom. The molecule has 1 saturated carbocycles. The van der Waals surface area contributed by atoms with Gasteiger partial charge in [0.15, 0.2) is 0 Å². The number of halogens is 1. The average Bonchev–Trinajstić information content (AvgIpc) is 3.55. The lowest BCUT2D eigenvalue weighted by Gasteiger charge is -2.26. The summed E-state index contributed by atoms with van der Waals surface area (Å²) >= 11 is 0. The first-order valence-corrected chi connectivity index (χ1v) is 11.1. The summed E-state index contributed by atoms with van der Waals surface area (Å²) in [4.78, 5) is 31.3. The minimum atomic E-state index is -0.507. The number of amides is 2. The van der Waals surface area contributed by atoms with Crippen molar-refractivity contribution >= 4 is 29.1 Å². The number of hydrogen-bond donors (Lipinski definition) is 3. The Kier molecular flexibility index (Phi) is 5.72. The molecular formula is C24H26FN5O3. The molecule has 172 valence electrons. The molecule has 0 aromatic heterocycles. The molecule has 5 rings (SSSR count). The maximum Gasteiger partial charge on any atom is 0.258 e. The molecule has 0 spiro atoms. The quantitative estimate of drug-likeness (QED) is 0.628. The van der Waals surface area contributed by atoms with Gasteiger partial charge in [-0.1, -0.05) is 6.07 Å². The Bertz CT molecular complexity index is 1130. The highest BCUT2D eigenvalue weighted by molar-refractivity contribution is 6.06. The summed E-state index contributed by atoms with van der Waals surface area (Å²) < 4.78 is 20.3. The molecule has 0 bridgehead atoms. The van der Waals surface area contributed by atoms with Gasteiger partial charge in [0.25, 0.3) is 11.8 Å². The maximum atomic E-state index is 15.2. The Hall–Kier alpha value is -3.46. The zero-order valence-corrected chi connectivity index (χ0v) is 18.4. The predicted molar refractivity (Wildman–Crippen MR) is 123 cm³/mol. The lowest BCUT2D eigenvalue weighted by molar-refractivity contribution is -0.00346. The Labute approximate surface area is 191 Å². The number of carbonyl (C=O) groups is 2. The van der Waals surface area contributed by atoms with Gasteiger partial charge < -0.3 is 20.3 Å². The van der Waals surface area contributed by atoms with Crippen LogP contribution in [0.4, 0.5) is 15.8 Å². The first-order valence-electron chi connectivity index (χ1n) is 11.1. The lowest BCUT2D eigenvalue weighted by Crippen LogP contribution is -2.48. The molecule has 2 aromatic rings. The predicted octanol–water partition coefficient (Wildman–Crippen LogP) is 2.61. The van der Waals surface area contributed by atoms with E-state index in [1.165, 1.54) is 6.07 Å². The average molecular weight is 452 g/mol. The highest BCUT2D eigenvalue weighted by Gasteiger charge is 2.30. The molecule has 8 nitrogen and oxygen atoms in total. The second-order valence-electron chi connectivity index (χ2n) is 8.69. The Morgan fingerprint density at radius 2 is 1.94 bits per heavy atom. The number of anilines is 2. The van der Waals surface area contributed by atoms with Gasteiger partial charge in [-0.05, 0) is 54.7 Å². The fourth-order valence-electron chi connectivity index (χ4n) is 3.92. The van der Waals surface area contributed by atoms with Gasteiger partial charge in [0.1, 0.15) is 5.82 Å². The minimum Gasteiger partial charge on any atom is -0.377 e. The number of aliphatic imine (C=N–C) groups is 1. The van der Waals surface area contributed by atoms with Crippen molar-refractivity contribution in [3.8, 4) is 0 Å². The van der Waals surface area contributed by atoms with Gasteiger partial charge in [0, 0.05) is 30.4 Å². The number of nitrogens with one attached hydrogen (secondary N) is 3. The van der Waals surface area contributed by atoms with Gasteiger partial charge in [0.2, 0.25) is 5.96 Å². The molecule has 0 radical (unpaired) electrons. The smallest absolute Gasteiger partial charge is 0.258 e. The van der Waals surface area contributed by atoms with Gasteiger partial charge in [-0.25, -0.2) is 4.39 Å². The summed E-state index contributed by atoms with van der Waals surface area (Å²) in [5, 5.41) is 8.82. The molecular weight excluding hydrogens is 425 g/mol. The van der Waals surface area contributed by atoms with Crippen LogP contribution in [0, 0.1) is 5.82 Å². The number of rotatable bonds is 6. The van der Waals surface area contributed by atoms with Crippen molar-refractivity contribution in [2.24, 2.45) is 4.99 Å². The summed E-state index contributed by atoms with van der Waals surface area (Å²) in [5.41, 5.74) is 2.46. The van der Waals surface area contributed by atoms with Crippen LogP contribution in [0.2, 0.25) is 0 Å². The van der Waals surface area contributed by atoms with E-state index in [9.17, 15) is 9.59 Å². The second-order valence-corrected chi connectivity index (χ2v) is 8.69. The number of benzene rings is 2. The molecule has 1 aliphatic carbocycles. The van der Waals surface area contributed by atoms with Crippen molar-refractivity contribution in [1.82, 2.24) is 15.5 Å². The van der Waals surface area contributed by atoms with E-state index in [2.05, 4.69) is 20.9 Å². The van der Waals surface area contributed by atoms with Crippen molar-refractivity contribution in [2.75, 3.05) is 38.7 Å². The summed E-state index contributed by atoms with van der Waals surface area (Å²) in [6.45, 7) is 2.40. The highest BCUT2D eigenvalue weighted by Crippen LogP contribution is 2.45. The highest BCUT2D eigenvalue weighted by atomic mass is 19.1. The molecule has 0 unspecified atom stereocenters. The van der Waals surface area contributed by atoms with Gasteiger partial charge in [-0.3, -0.25) is 19.9 Å². The van der Waals surface area contributed by atoms with Crippen LogP contribution in [-0.4, -0.2) is 62.1 Å². The zero-order valence-electron chi connectivity index (χ0n) is 18.4. The first-order chi connectivity index (χ1) is 16.0. The Balaban J connectivity index is 1.36. The van der Waals surface area contributed by atoms with E-state index in [4.69, 9.17) is 4.74 Å². The largest absolute Gasteiger partial charge is 0.377 e. The number of hydrogen-bond acceptors (Lipinski definition) is 6. The van der Waals surface area contributed by atoms with Crippen LogP contribution in [0.1, 0.15) is 45.0 Å². The molecule has 9 heteroatoms. The van der Waals surface area contributed by atoms with Crippen LogP contribution >= 0.6 is 0 Å². The number of carbonyl (C=O) groups excluding carboxylic acids is 2. The van der Waals surface area contributed by atoms with Crippen LogP contribution in [0.25, 0.3) is 0 Å². The molecule has 2 amide bonds. The molecule has 2 aromatic carbocycles. The van der Waals surface area contributed by atoms with E-state index in [1.54, 1.807) is 30.3 Å². The third-order valence-electron chi connectivity index (χ3n) is 6.05. The third-order valence-corrected chi connectivity index (χ3v) is 6.05. The van der Waals surface area contributed by atoms with E-state index < -0.39 is 5.82 Å². The molecule has 0 atom stereocenters. The minimum absolute atomic E-state index is 0.0294. The SMILES string of the molecule is CN1CCN=C1NC(=O)c1cc(F)c(Nc2cccc(C(=O)NC3COC3)c2)c(C2CC2)c1. The number of likely N-dealkylation sites (N-methyl/N-ethyl adjacent to an activating group) is 1. The van der Waals surface area contributed by atoms with Gasteiger partial charge in [-0.2, -0.15) is 0 Å². The number of guanidine groups is 1. The standard InChI is InChI=1S/C24H26FN5O3/c1-30-8-7-26-24(30)29-23(32)16-10-19(14-5-6-14)21(20(25)11-16)27-17-4-2-3-15(9-17)22(31)28-18-12-33-13-18/h2-4,9-11,14,18,27H,5-8,12-13H2,1H3,(H,28,31)(H,26,29,32). The van der Waals surface area contributed by atoms with Crippen LogP contribution in [0.5, 0.6) is 0 Å². The van der Waals surface area contributed by atoms with Crippen LogP contribution in [0.15, 0.2) is 41.4 Å². The third kappa shape index (κ3) is 4.68. The van der Waals surface area contributed by atoms with Crippen molar-refractivity contribution < 1.29 is 18.7 Å². The van der Waals surface area contributed by atoms with Crippen LogP contribution in [-0.2, 0) is 4.74 Å². The van der Waals surface area contributed by atoms with E-state index in [1.807, 2.05) is 11.9 Å². The fourth-order valence-corrected chi connectivity index (χ4v) is 3.92. The normalized spacial score (nSPS) is 17.9. The molecule has 3 N–H and O–H groups in total. The molecule has 2 fully saturated rings. The summed E-state index contributed by atoms with van der Waals surface area (Å²) in [6.07, 6.45) is 1.89. The van der Waals surface area contributed by atoms with Crippen LogP contribution in [0.3, 0.4) is 0 Å². The molecule has 2 aliphatic heterocycles. The topological polar surface area (TPSA) is 95.1 Å². The van der Waals surface area contributed by atoms with Crippen LogP contribution < -0.4 is 16.0 Å². The van der Waals surface area contributed by atoms with E-state index in [0.717, 1.165) is 24.9 Å². The summed E-state index contributed by atoms with van der Waals surface area (Å²) in [5.74, 6) is -0.381. The lowest BCUT2D eigenvalue weighted by atomic mass is 10.0. The molecule has 1 saturated heterocycles. The van der Waals surface area contributed by atoms with Crippen molar-refractivity contribution in [3.05, 3.63) is 58.9 Å². The summed E-state index contributed by atoms with van der Waals surface area (Å²) in [7, 11) is 1.85. The molecule has 2 heterocycles. The van der Waals surface area contributed by atoms with Crippen molar-refractivity contribution in [2.45, 2.75) is 24.8 Å².